The van der Waals surface area contributed by atoms with Crippen LogP contribution in [0.5, 0.6) is 0 Å². The van der Waals surface area contributed by atoms with E-state index in [4.69, 9.17) is 0 Å². The molecule has 1 heterocycles. The van der Waals surface area contributed by atoms with E-state index >= 15 is 0 Å². The molecule has 5 heteroatoms. The molecule has 4 nitrogen and oxygen atoms in total. The van der Waals surface area contributed by atoms with Gasteiger partial charge in [0.25, 0.3) is 0 Å². The molecule has 1 aromatic rings. The van der Waals surface area contributed by atoms with Crippen LogP contribution in [0.4, 0.5) is 4.39 Å². The number of hydrogen-bond acceptors (Lipinski definition) is 2. The lowest BCUT2D eigenvalue weighted by molar-refractivity contribution is -0.134. The minimum Gasteiger partial charge on any atom is -0.354 e. The molecule has 0 aliphatic carbocycles. The van der Waals surface area contributed by atoms with Crippen LogP contribution in [0, 0.1) is 12.7 Å². The average Bonchev–Trinajstić information content (AvgIpc) is 2.58. The van der Waals surface area contributed by atoms with Crippen LogP contribution in [0.25, 0.3) is 0 Å². The standard InChI is InChI=1S/C14H17FN2O2/c1-10-3-4-11(7-12(10)15)8-14(19)17-6-2-5-16-13(18)9-17/h3-4,7H,2,5-6,8-9H2,1H3,(H,16,18). The van der Waals surface area contributed by atoms with Gasteiger partial charge in [0.2, 0.25) is 11.8 Å². The van der Waals surface area contributed by atoms with Gasteiger partial charge in [0.05, 0.1) is 13.0 Å². The summed E-state index contributed by atoms with van der Waals surface area (Å²) < 4.78 is 13.4. The summed E-state index contributed by atoms with van der Waals surface area (Å²) >= 11 is 0. The highest BCUT2D eigenvalue weighted by Crippen LogP contribution is 2.11. The van der Waals surface area contributed by atoms with E-state index in [0.29, 0.717) is 24.2 Å². The first-order chi connectivity index (χ1) is 9.06. The van der Waals surface area contributed by atoms with Gasteiger partial charge >= 0.3 is 0 Å². The predicted octanol–water partition coefficient (Wildman–Crippen LogP) is 1.03. The molecular weight excluding hydrogens is 247 g/mol. The third-order valence-corrected chi connectivity index (χ3v) is 3.21. The summed E-state index contributed by atoms with van der Waals surface area (Å²) in [6.45, 7) is 2.93. The van der Waals surface area contributed by atoms with Crippen molar-refractivity contribution in [1.29, 1.82) is 0 Å². The molecule has 0 aromatic heterocycles. The van der Waals surface area contributed by atoms with Gasteiger partial charge in [0, 0.05) is 13.1 Å². The van der Waals surface area contributed by atoms with Crippen molar-refractivity contribution in [1.82, 2.24) is 10.2 Å². The van der Waals surface area contributed by atoms with Gasteiger partial charge in [-0.1, -0.05) is 12.1 Å². The van der Waals surface area contributed by atoms with Crippen molar-refractivity contribution in [2.45, 2.75) is 19.8 Å². The molecule has 1 N–H and O–H groups in total. The summed E-state index contributed by atoms with van der Waals surface area (Å²) in [4.78, 5) is 25.0. The van der Waals surface area contributed by atoms with E-state index in [1.54, 1.807) is 19.1 Å². The van der Waals surface area contributed by atoms with Crippen molar-refractivity contribution in [2.75, 3.05) is 19.6 Å². The number of carbonyl (C=O) groups is 2. The lowest BCUT2D eigenvalue weighted by Crippen LogP contribution is -2.38. The van der Waals surface area contributed by atoms with E-state index in [2.05, 4.69) is 5.32 Å². The fourth-order valence-corrected chi connectivity index (χ4v) is 2.05. The van der Waals surface area contributed by atoms with Crippen molar-refractivity contribution in [3.63, 3.8) is 0 Å². The monoisotopic (exact) mass is 264 g/mol. The molecule has 0 spiro atoms. The van der Waals surface area contributed by atoms with Crippen LogP contribution in [-0.2, 0) is 16.0 Å². The van der Waals surface area contributed by atoms with Gasteiger partial charge in [-0.2, -0.15) is 0 Å². The zero-order valence-corrected chi connectivity index (χ0v) is 10.9. The Labute approximate surface area is 111 Å². The Morgan fingerprint density at radius 3 is 3.00 bits per heavy atom. The highest BCUT2D eigenvalue weighted by molar-refractivity contribution is 5.86. The van der Waals surface area contributed by atoms with Gasteiger partial charge in [-0.25, -0.2) is 4.39 Å². The van der Waals surface area contributed by atoms with Crippen molar-refractivity contribution in [3.05, 3.63) is 35.1 Å². The van der Waals surface area contributed by atoms with Crippen molar-refractivity contribution in [3.8, 4) is 0 Å². The van der Waals surface area contributed by atoms with E-state index in [-0.39, 0.29) is 30.6 Å². The van der Waals surface area contributed by atoms with Crippen molar-refractivity contribution >= 4 is 11.8 Å². The van der Waals surface area contributed by atoms with Gasteiger partial charge < -0.3 is 10.2 Å². The number of amides is 2. The van der Waals surface area contributed by atoms with E-state index < -0.39 is 0 Å². The van der Waals surface area contributed by atoms with Crippen LogP contribution in [-0.4, -0.2) is 36.3 Å². The molecule has 0 bridgehead atoms. The number of carbonyl (C=O) groups excluding carboxylic acids is 2. The molecule has 1 aromatic carbocycles. The zero-order chi connectivity index (χ0) is 13.8. The first-order valence-corrected chi connectivity index (χ1v) is 6.36. The maximum Gasteiger partial charge on any atom is 0.239 e. The number of nitrogens with zero attached hydrogens (tertiary/aromatic N) is 1. The third-order valence-electron chi connectivity index (χ3n) is 3.21. The van der Waals surface area contributed by atoms with Crippen molar-refractivity contribution < 1.29 is 14.0 Å². The molecule has 0 radical (unpaired) electrons. The Bertz CT molecular complexity index is 502. The number of halogens is 1. The maximum absolute atomic E-state index is 13.4. The van der Waals surface area contributed by atoms with Crippen molar-refractivity contribution in [2.24, 2.45) is 0 Å². The first kappa shape index (κ1) is 13.5. The van der Waals surface area contributed by atoms with Crippen LogP contribution in [0.1, 0.15) is 17.5 Å². The average molecular weight is 264 g/mol. The van der Waals surface area contributed by atoms with E-state index in [1.165, 1.54) is 11.0 Å². The summed E-state index contributed by atoms with van der Waals surface area (Å²) in [6, 6.07) is 4.78. The smallest absolute Gasteiger partial charge is 0.239 e. The molecule has 1 saturated heterocycles. The lowest BCUT2D eigenvalue weighted by atomic mass is 10.1. The molecule has 0 atom stereocenters. The minimum absolute atomic E-state index is 0.0905. The Balaban J connectivity index is 2.03. The summed E-state index contributed by atoms with van der Waals surface area (Å²) in [5.74, 6) is -0.583. The maximum atomic E-state index is 13.4. The topological polar surface area (TPSA) is 49.4 Å². The number of rotatable bonds is 2. The molecule has 2 amide bonds. The number of hydrogen-bond donors (Lipinski definition) is 1. The van der Waals surface area contributed by atoms with Gasteiger partial charge in [-0.15, -0.1) is 0 Å². The Morgan fingerprint density at radius 1 is 1.47 bits per heavy atom. The SMILES string of the molecule is Cc1ccc(CC(=O)N2CCCNC(=O)C2)cc1F. The quantitative estimate of drug-likeness (QED) is 0.867. The number of aryl methyl sites for hydroxylation is 1. The van der Waals surface area contributed by atoms with E-state index in [1.807, 2.05) is 0 Å². The second kappa shape index (κ2) is 5.82. The highest BCUT2D eigenvalue weighted by Gasteiger charge is 2.19. The molecule has 1 fully saturated rings. The Kier molecular flexibility index (Phi) is 4.14. The van der Waals surface area contributed by atoms with Crippen LogP contribution in [0.15, 0.2) is 18.2 Å². The Morgan fingerprint density at radius 2 is 2.26 bits per heavy atom. The molecule has 102 valence electrons. The summed E-state index contributed by atoms with van der Waals surface area (Å²) in [5.41, 5.74) is 1.20. The summed E-state index contributed by atoms with van der Waals surface area (Å²) in [6.07, 6.45) is 0.879. The summed E-state index contributed by atoms with van der Waals surface area (Å²) in [5, 5.41) is 2.72. The van der Waals surface area contributed by atoms with Gasteiger partial charge in [0.1, 0.15) is 5.82 Å². The molecule has 2 rings (SSSR count). The molecule has 19 heavy (non-hydrogen) atoms. The third kappa shape index (κ3) is 3.53. The van der Waals surface area contributed by atoms with Gasteiger partial charge in [-0.05, 0) is 30.5 Å². The predicted molar refractivity (Wildman–Crippen MR) is 69.0 cm³/mol. The highest BCUT2D eigenvalue weighted by atomic mass is 19.1. The second-order valence-electron chi connectivity index (χ2n) is 4.78. The van der Waals surface area contributed by atoms with E-state index in [0.717, 1.165) is 6.42 Å². The number of benzene rings is 1. The lowest BCUT2D eigenvalue weighted by Gasteiger charge is -2.19. The normalized spacial score (nSPS) is 15.9. The molecular formula is C14H17FN2O2. The second-order valence-corrected chi connectivity index (χ2v) is 4.78. The van der Waals surface area contributed by atoms with Gasteiger partial charge in [-0.3, -0.25) is 9.59 Å². The zero-order valence-electron chi connectivity index (χ0n) is 10.9. The van der Waals surface area contributed by atoms with Crippen LogP contribution >= 0.6 is 0 Å². The largest absolute Gasteiger partial charge is 0.354 e. The molecule has 0 unspecified atom stereocenters. The molecule has 1 aliphatic rings. The first-order valence-electron chi connectivity index (χ1n) is 6.36. The fourth-order valence-electron chi connectivity index (χ4n) is 2.05. The molecule has 0 saturated carbocycles. The Hall–Kier alpha value is -1.91. The van der Waals surface area contributed by atoms with E-state index in [9.17, 15) is 14.0 Å². The fraction of sp³-hybridized carbons (Fsp3) is 0.429. The number of nitrogens with one attached hydrogen (secondary N) is 1. The van der Waals surface area contributed by atoms with Gasteiger partial charge in [0.15, 0.2) is 0 Å². The van der Waals surface area contributed by atoms with Crippen LogP contribution in [0.2, 0.25) is 0 Å². The molecule has 1 aliphatic heterocycles. The van der Waals surface area contributed by atoms with Crippen LogP contribution in [0.3, 0.4) is 0 Å². The summed E-state index contributed by atoms with van der Waals surface area (Å²) in [7, 11) is 0. The minimum atomic E-state index is -0.307. The van der Waals surface area contributed by atoms with Crippen LogP contribution < -0.4 is 5.32 Å².